The van der Waals surface area contributed by atoms with E-state index in [2.05, 4.69) is 0 Å². The lowest BCUT2D eigenvalue weighted by atomic mass is 10.2. The molecule has 0 saturated heterocycles. The van der Waals surface area contributed by atoms with Gasteiger partial charge in [0.15, 0.2) is 5.75 Å². The monoisotopic (exact) mass is 383 g/mol. The summed E-state index contributed by atoms with van der Waals surface area (Å²) in [4.78, 5) is 12.3. The van der Waals surface area contributed by atoms with Crippen molar-refractivity contribution in [2.24, 2.45) is 0 Å². The van der Waals surface area contributed by atoms with Crippen LogP contribution in [0.1, 0.15) is 17.7 Å². The fraction of sp³-hybridized carbons (Fsp3) is 0.227. The number of benzene rings is 2. The van der Waals surface area contributed by atoms with Gasteiger partial charge >= 0.3 is 0 Å². The summed E-state index contributed by atoms with van der Waals surface area (Å²) in [5.41, 5.74) is 2.53. The highest BCUT2D eigenvalue weighted by Gasteiger charge is 2.11. The Hall–Kier alpha value is -2.72. The van der Waals surface area contributed by atoms with Crippen LogP contribution in [0, 0.1) is 6.92 Å². The molecule has 0 radical (unpaired) electrons. The molecule has 0 atom stereocenters. The molecule has 4 nitrogen and oxygen atoms in total. The van der Waals surface area contributed by atoms with Crippen LogP contribution in [0.5, 0.6) is 11.5 Å². The Kier molecular flexibility index (Phi) is 6.55. The Morgan fingerprint density at radius 2 is 1.81 bits per heavy atom. The number of alkyl halides is 1. The summed E-state index contributed by atoms with van der Waals surface area (Å²) in [5.74, 6) is 1.69. The summed E-state index contributed by atoms with van der Waals surface area (Å²) >= 11 is 5.69. The van der Waals surface area contributed by atoms with Crippen LogP contribution >= 0.6 is 11.6 Å². The van der Waals surface area contributed by atoms with E-state index >= 15 is 0 Å². The van der Waals surface area contributed by atoms with Crippen molar-refractivity contribution < 1.29 is 9.47 Å². The Balaban J connectivity index is 1.84. The average Bonchev–Trinajstić information content (AvgIpc) is 2.69. The van der Waals surface area contributed by atoms with E-state index in [-0.39, 0.29) is 5.43 Å². The first-order valence-electron chi connectivity index (χ1n) is 8.87. The van der Waals surface area contributed by atoms with Crippen molar-refractivity contribution >= 4 is 11.6 Å². The molecule has 0 bridgehead atoms. The number of aromatic nitrogens is 1. The molecule has 27 heavy (non-hydrogen) atoms. The van der Waals surface area contributed by atoms with E-state index < -0.39 is 0 Å². The van der Waals surface area contributed by atoms with Gasteiger partial charge in [-0.25, -0.2) is 0 Å². The molecule has 0 amide bonds. The zero-order valence-electron chi connectivity index (χ0n) is 15.2. The molecule has 0 spiro atoms. The van der Waals surface area contributed by atoms with Gasteiger partial charge in [-0.2, -0.15) is 0 Å². The van der Waals surface area contributed by atoms with E-state index in [1.54, 1.807) is 6.20 Å². The molecule has 3 aromatic rings. The Morgan fingerprint density at radius 1 is 1.00 bits per heavy atom. The van der Waals surface area contributed by atoms with E-state index in [9.17, 15) is 4.79 Å². The van der Waals surface area contributed by atoms with Crippen molar-refractivity contribution in [3.05, 3.63) is 88.3 Å². The fourth-order valence-corrected chi connectivity index (χ4v) is 2.88. The second-order valence-corrected chi connectivity index (χ2v) is 6.51. The summed E-state index contributed by atoms with van der Waals surface area (Å²) in [5, 5.41) is 0. The number of hydrogen-bond acceptors (Lipinski definition) is 3. The van der Waals surface area contributed by atoms with E-state index in [1.807, 2.05) is 66.1 Å². The highest BCUT2D eigenvalue weighted by molar-refractivity contribution is 6.17. The molecule has 140 valence electrons. The van der Waals surface area contributed by atoms with Gasteiger partial charge in [-0.3, -0.25) is 4.79 Å². The van der Waals surface area contributed by atoms with Crippen molar-refractivity contribution in [1.29, 1.82) is 0 Å². The number of halogens is 1. The number of rotatable bonds is 8. The summed E-state index contributed by atoms with van der Waals surface area (Å²) in [7, 11) is 0. The maximum absolute atomic E-state index is 12.3. The molecule has 3 rings (SSSR count). The van der Waals surface area contributed by atoms with Crippen molar-refractivity contribution in [2.45, 2.75) is 20.0 Å². The molecule has 1 heterocycles. The standard InChI is InChI=1S/C22H22ClNO3/c1-17-22(27-16-18-7-3-2-4-8-18)21(25)11-13-24(17)19-9-5-10-20(15-19)26-14-6-12-23/h2-5,7-11,13,15H,6,12,14,16H2,1H3. The molecule has 1 aromatic heterocycles. The summed E-state index contributed by atoms with van der Waals surface area (Å²) in [6, 6.07) is 19.0. The first-order valence-corrected chi connectivity index (χ1v) is 9.40. The van der Waals surface area contributed by atoms with Gasteiger partial charge < -0.3 is 14.0 Å². The predicted octanol–water partition coefficient (Wildman–Crippen LogP) is 4.73. The van der Waals surface area contributed by atoms with E-state index in [0.717, 1.165) is 29.1 Å². The summed E-state index contributed by atoms with van der Waals surface area (Å²) in [6.45, 7) is 2.80. The molecule has 0 aliphatic carbocycles. The third-order valence-electron chi connectivity index (χ3n) is 4.16. The first kappa shape index (κ1) is 19.1. The third-order valence-corrected chi connectivity index (χ3v) is 4.42. The van der Waals surface area contributed by atoms with Crippen molar-refractivity contribution in [3.8, 4) is 17.2 Å². The minimum atomic E-state index is -0.130. The molecular formula is C22H22ClNO3. The Labute approximate surface area is 163 Å². The quantitative estimate of drug-likeness (QED) is 0.417. The number of hydrogen-bond donors (Lipinski definition) is 0. The van der Waals surface area contributed by atoms with Crippen LogP contribution in [0.25, 0.3) is 5.69 Å². The molecule has 0 saturated carbocycles. The topological polar surface area (TPSA) is 40.5 Å². The minimum absolute atomic E-state index is 0.130. The SMILES string of the molecule is Cc1c(OCc2ccccc2)c(=O)ccn1-c1cccc(OCCCCl)c1. The molecular weight excluding hydrogens is 362 g/mol. The van der Waals surface area contributed by atoms with Crippen molar-refractivity contribution in [1.82, 2.24) is 4.57 Å². The highest BCUT2D eigenvalue weighted by Crippen LogP contribution is 2.22. The lowest BCUT2D eigenvalue weighted by molar-refractivity contribution is 0.298. The first-order chi connectivity index (χ1) is 13.2. The van der Waals surface area contributed by atoms with Gasteiger partial charge in [0.1, 0.15) is 12.4 Å². The van der Waals surface area contributed by atoms with Gasteiger partial charge in [0.05, 0.1) is 12.3 Å². The Morgan fingerprint density at radius 3 is 2.59 bits per heavy atom. The van der Waals surface area contributed by atoms with Crippen molar-refractivity contribution in [3.63, 3.8) is 0 Å². The number of ether oxygens (including phenoxy) is 2. The molecule has 0 unspecified atom stereocenters. The molecule has 0 fully saturated rings. The second kappa shape index (κ2) is 9.28. The third kappa shape index (κ3) is 4.92. The van der Waals surface area contributed by atoms with Crippen molar-refractivity contribution in [2.75, 3.05) is 12.5 Å². The van der Waals surface area contributed by atoms with Gasteiger partial charge in [0.2, 0.25) is 5.43 Å². The van der Waals surface area contributed by atoms with Gasteiger partial charge in [0.25, 0.3) is 0 Å². The lowest BCUT2D eigenvalue weighted by Crippen LogP contribution is -2.14. The predicted molar refractivity (Wildman–Crippen MR) is 108 cm³/mol. The maximum Gasteiger partial charge on any atom is 0.223 e. The van der Waals surface area contributed by atoms with Gasteiger partial charge in [-0.1, -0.05) is 36.4 Å². The zero-order chi connectivity index (χ0) is 19.1. The number of pyridine rings is 1. The van der Waals surface area contributed by atoms with Crippen LogP contribution in [-0.4, -0.2) is 17.1 Å². The zero-order valence-corrected chi connectivity index (χ0v) is 16.0. The molecule has 0 aliphatic rings. The lowest BCUT2D eigenvalue weighted by Gasteiger charge is -2.16. The van der Waals surface area contributed by atoms with E-state index in [1.165, 1.54) is 6.07 Å². The largest absolute Gasteiger partial charge is 0.493 e. The van der Waals surface area contributed by atoms with Gasteiger partial charge in [0, 0.05) is 29.9 Å². The fourth-order valence-electron chi connectivity index (χ4n) is 2.77. The molecule has 5 heteroatoms. The van der Waals surface area contributed by atoms with E-state index in [4.69, 9.17) is 21.1 Å². The molecule has 0 aliphatic heterocycles. The van der Waals surface area contributed by atoms with Gasteiger partial charge in [-0.05, 0) is 31.0 Å². The molecule has 0 N–H and O–H groups in total. The van der Waals surface area contributed by atoms with Crippen LogP contribution in [0.2, 0.25) is 0 Å². The maximum atomic E-state index is 12.3. The average molecular weight is 384 g/mol. The number of nitrogens with zero attached hydrogens (tertiary/aromatic N) is 1. The second-order valence-electron chi connectivity index (χ2n) is 6.13. The Bertz CT molecular complexity index is 938. The van der Waals surface area contributed by atoms with Crippen LogP contribution in [-0.2, 0) is 6.61 Å². The van der Waals surface area contributed by atoms with Crippen LogP contribution in [0.4, 0.5) is 0 Å². The summed E-state index contributed by atoms with van der Waals surface area (Å²) in [6.07, 6.45) is 2.55. The summed E-state index contributed by atoms with van der Waals surface area (Å²) < 4.78 is 13.5. The van der Waals surface area contributed by atoms with Gasteiger partial charge in [-0.15, -0.1) is 11.6 Å². The highest BCUT2D eigenvalue weighted by atomic mass is 35.5. The normalized spacial score (nSPS) is 10.6. The van der Waals surface area contributed by atoms with E-state index in [0.29, 0.717) is 24.8 Å². The van der Waals surface area contributed by atoms with Crippen LogP contribution in [0.3, 0.4) is 0 Å². The molecule has 2 aromatic carbocycles. The smallest absolute Gasteiger partial charge is 0.223 e. The minimum Gasteiger partial charge on any atom is -0.493 e. The van der Waals surface area contributed by atoms with Crippen LogP contribution < -0.4 is 14.9 Å². The van der Waals surface area contributed by atoms with Crippen LogP contribution in [0.15, 0.2) is 71.7 Å².